The summed E-state index contributed by atoms with van der Waals surface area (Å²) >= 11 is 6.04. The maximum Gasteiger partial charge on any atom is 0.164 e. The third kappa shape index (κ3) is 3.23. The van der Waals surface area contributed by atoms with E-state index in [0.717, 1.165) is 0 Å². The van der Waals surface area contributed by atoms with Gasteiger partial charge in [0.2, 0.25) is 0 Å². The van der Waals surface area contributed by atoms with Crippen LogP contribution in [0.25, 0.3) is 0 Å². The van der Waals surface area contributed by atoms with Gasteiger partial charge in [-0.05, 0) is 6.08 Å². The molecule has 2 atom stereocenters. The first-order chi connectivity index (χ1) is 6.16. The quantitative estimate of drug-likeness (QED) is 0.550. The molecule has 70 valence electrons. The molecule has 0 radical (unpaired) electrons. The number of aliphatic hydroxyl groups excluding tert-OH is 1. The highest BCUT2D eigenvalue weighted by molar-refractivity contribution is 6.24. The number of ether oxygens (including phenoxy) is 1. The van der Waals surface area contributed by atoms with Crippen LogP contribution in [0.15, 0.2) is 24.3 Å². The zero-order chi connectivity index (χ0) is 9.73. The van der Waals surface area contributed by atoms with Gasteiger partial charge in [-0.15, -0.1) is 6.42 Å². The molecule has 0 spiro atoms. The van der Waals surface area contributed by atoms with E-state index in [2.05, 4.69) is 5.92 Å². The average Bonchev–Trinajstić information content (AvgIpc) is 2.15. The van der Waals surface area contributed by atoms with E-state index in [1.165, 1.54) is 0 Å². The van der Waals surface area contributed by atoms with E-state index in [1.54, 1.807) is 12.2 Å². The maximum atomic E-state index is 9.04. The monoisotopic (exact) mass is 198 g/mol. The normalized spacial score (nSPS) is 28.4. The molecule has 0 bridgehead atoms. The van der Waals surface area contributed by atoms with Gasteiger partial charge in [0.15, 0.2) is 5.06 Å². The van der Waals surface area contributed by atoms with Gasteiger partial charge in [0.25, 0.3) is 0 Å². The molecule has 0 aromatic heterocycles. The van der Waals surface area contributed by atoms with Gasteiger partial charge in [-0.1, -0.05) is 35.7 Å². The van der Waals surface area contributed by atoms with Crippen LogP contribution >= 0.6 is 11.6 Å². The van der Waals surface area contributed by atoms with Gasteiger partial charge >= 0.3 is 0 Å². The zero-order valence-electron chi connectivity index (χ0n) is 7.11. The Balaban J connectivity index is 2.40. The van der Waals surface area contributed by atoms with Crippen molar-refractivity contribution in [3.63, 3.8) is 0 Å². The predicted octanol–water partition coefficient (Wildman–Crippen LogP) is 1.45. The third-order valence-corrected chi connectivity index (χ3v) is 2.05. The molecule has 0 aliphatic heterocycles. The lowest BCUT2D eigenvalue weighted by molar-refractivity contribution is 0.0101. The summed E-state index contributed by atoms with van der Waals surface area (Å²) in [5.41, 5.74) is 0. The molecule has 2 unspecified atom stereocenters. The SMILES string of the molecule is C#CC(O)COC1(Cl)C=CC=CC1. The highest BCUT2D eigenvalue weighted by Crippen LogP contribution is 2.26. The summed E-state index contributed by atoms with van der Waals surface area (Å²) in [5, 5.41) is 8.20. The van der Waals surface area contributed by atoms with Crippen molar-refractivity contribution in [1.29, 1.82) is 0 Å². The topological polar surface area (TPSA) is 29.5 Å². The molecule has 0 amide bonds. The van der Waals surface area contributed by atoms with Crippen molar-refractivity contribution in [2.75, 3.05) is 6.61 Å². The second-order valence-electron chi connectivity index (χ2n) is 2.77. The Bertz CT molecular complexity index is 265. The van der Waals surface area contributed by atoms with Crippen LogP contribution in [0.5, 0.6) is 0 Å². The van der Waals surface area contributed by atoms with Crippen LogP contribution in [0.3, 0.4) is 0 Å². The Morgan fingerprint density at radius 2 is 2.46 bits per heavy atom. The van der Waals surface area contributed by atoms with Crippen LogP contribution < -0.4 is 0 Å². The van der Waals surface area contributed by atoms with E-state index in [0.29, 0.717) is 6.42 Å². The first-order valence-corrected chi connectivity index (χ1v) is 4.35. The Hall–Kier alpha value is -0.750. The molecule has 3 heteroatoms. The first kappa shape index (κ1) is 10.3. The minimum atomic E-state index is -0.894. The molecule has 0 heterocycles. The van der Waals surface area contributed by atoms with E-state index in [1.807, 2.05) is 12.2 Å². The second-order valence-corrected chi connectivity index (χ2v) is 3.41. The fraction of sp³-hybridized carbons (Fsp3) is 0.400. The van der Waals surface area contributed by atoms with E-state index >= 15 is 0 Å². The van der Waals surface area contributed by atoms with Crippen LogP contribution in [0.2, 0.25) is 0 Å². The van der Waals surface area contributed by atoms with E-state index < -0.39 is 11.2 Å². The second kappa shape index (κ2) is 4.48. The van der Waals surface area contributed by atoms with Crippen molar-refractivity contribution in [3.05, 3.63) is 24.3 Å². The summed E-state index contributed by atoms with van der Waals surface area (Å²) in [7, 11) is 0. The number of aliphatic hydroxyl groups is 1. The highest BCUT2D eigenvalue weighted by Gasteiger charge is 2.25. The number of hydrogen-bond acceptors (Lipinski definition) is 2. The summed E-state index contributed by atoms with van der Waals surface area (Å²) in [6.07, 6.45) is 12.0. The molecule has 2 nitrogen and oxygen atoms in total. The molecule has 1 aliphatic rings. The number of rotatable bonds is 3. The maximum absolute atomic E-state index is 9.04. The van der Waals surface area contributed by atoms with Gasteiger partial charge in [0.1, 0.15) is 6.10 Å². The van der Waals surface area contributed by atoms with E-state index in [9.17, 15) is 0 Å². The van der Waals surface area contributed by atoms with Crippen LogP contribution in [0.4, 0.5) is 0 Å². The lowest BCUT2D eigenvalue weighted by atomic mass is 10.1. The Labute approximate surface area is 82.8 Å². The molecule has 0 aromatic carbocycles. The zero-order valence-corrected chi connectivity index (χ0v) is 7.87. The van der Waals surface area contributed by atoms with E-state index in [4.69, 9.17) is 27.9 Å². The Morgan fingerprint density at radius 1 is 1.69 bits per heavy atom. The molecule has 13 heavy (non-hydrogen) atoms. The molecular formula is C10H11ClO2. The Morgan fingerprint density at radius 3 is 3.00 bits per heavy atom. The third-order valence-electron chi connectivity index (χ3n) is 1.66. The Kier molecular flexibility index (Phi) is 3.56. The fourth-order valence-corrected chi connectivity index (χ4v) is 1.17. The van der Waals surface area contributed by atoms with Crippen molar-refractivity contribution in [2.45, 2.75) is 17.6 Å². The van der Waals surface area contributed by atoms with Gasteiger partial charge in [-0.25, -0.2) is 0 Å². The molecule has 1 aliphatic carbocycles. The van der Waals surface area contributed by atoms with Crippen molar-refractivity contribution in [3.8, 4) is 12.3 Å². The molecular weight excluding hydrogens is 188 g/mol. The standard InChI is InChI=1S/C10H11ClO2/c1-2-9(12)8-13-10(11)6-4-3-5-7-10/h1,3-6,9,12H,7-8H2. The van der Waals surface area contributed by atoms with Crippen molar-refractivity contribution >= 4 is 11.6 Å². The van der Waals surface area contributed by atoms with Gasteiger partial charge < -0.3 is 9.84 Å². The minimum absolute atomic E-state index is 0.0537. The molecule has 1 rings (SSSR count). The lowest BCUT2D eigenvalue weighted by Gasteiger charge is -2.24. The van der Waals surface area contributed by atoms with Crippen LogP contribution in [-0.4, -0.2) is 22.9 Å². The van der Waals surface area contributed by atoms with E-state index in [-0.39, 0.29) is 6.61 Å². The summed E-state index contributed by atoms with van der Waals surface area (Å²) in [6, 6.07) is 0. The lowest BCUT2D eigenvalue weighted by Crippen LogP contribution is -2.27. The molecule has 0 saturated heterocycles. The van der Waals surface area contributed by atoms with Crippen molar-refractivity contribution in [1.82, 2.24) is 0 Å². The van der Waals surface area contributed by atoms with Crippen LogP contribution in [0, 0.1) is 12.3 Å². The van der Waals surface area contributed by atoms with Gasteiger partial charge in [0, 0.05) is 6.42 Å². The molecule has 0 aromatic rings. The molecule has 1 N–H and O–H groups in total. The van der Waals surface area contributed by atoms with Crippen molar-refractivity contribution in [2.24, 2.45) is 0 Å². The minimum Gasteiger partial charge on any atom is -0.378 e. The number of terminal acetylenes is 1. The van der Waals surface area contributed by atoms with Crippen LogP contribution in [0.1, 0.15) is 6.42 Å². The van der Waals surface area contributed by atoms with Gasteiger partial charge in [-0.3, -0.25) is 0 Å². The smallest absolute Gasteiger partial charge is 0.164 e. The summed E-state index contributed by atoms with van der Waals surface area (Å²) in [4.78, 5) is 0. The number of halogens is 1. The molecule has 0 fully saturated rings. The largest absolute Gasteiger partial charge is 0.378 e. The summed E-state index contributed by atoms with van der Waals surface area (Å²) in [5.74, 6) is 2.15. The van der Waals surface area contributed by atoms with Gasteiger partial charge in [-0.2, -0.15) is 0 Å². The number of allylic oxidation sites excluding steroid dienone is 2. The predicted molar refractivity (Wildman–Crippen MR) is 52.3 cm³/mol. The molecule has 0 saturated carbocycles. The highest BCUT2D eigenvalue weighted by atomic mass is 35.5. The number of alkyl halides is 1. The summed E-state index contributed by atoms with van der Waals surface area (Å²) < 4.78 is 5.26. The van der Waals surface area contributed by atoms with Gasteiger partial charge in [0.05, 0.1) is 6.61 Å². The summed E-state index contributed by atoms with van der Waals surface area (Å²) in [6.45, 7) is 0.0537. The van der Waals surface area contributed by atoms with Crippen LogP contribution in [-0.2, 0) is 4.74 Å². The fourth-order valence-electron chi connectivity index (χ4n) is 0.947. The average molecular weight is 199 g/mol. The van der Waals surface area contributed by atoms with Crippen molar-refractivity contribution < 1.29 is 9.84 Å². The number of hydrogen-bond donors (Lipinski definition) is 1. The first-order valence-electron chi connectivity index (χ1n) is 3.98.